The van der Waals surface area contributed by atoms with Crippen LogP contribution >= 0.6 is 0 Å². The van der Waals surface area contributed by atoms with Crippen LogP contribution in [-0.4, -0.2) is 32.0 Å². The first-order valence-electron chi connectivity index (χ1n) is 4.45. The Balaban J connectivity index is 2.01. The first kappa shape index (κ1) is 8.47. The first-order valence-corrected chi connectivity index (χ1v) is 4.45. The second-order valence-corrected chi connectivity index (χ2v) is 2.96. The number of nitrogens with zero attached hydrogens (tertiary/aromatic N) is 1. The zero-order chi connectivity index (χ0) is 8.93. The average molecular weight is 179 g/mol. The van der Waals surface area contributed by atoms with E-state index in [4.69, 9.17) is 4.74 Å². The molecule has 4 nitrogen and oxygen atoms in total. The lowest BCUT2D eigenvalue weighted by atomic mass is 10.2. The molecule has 0 bridgehead atoms. The second-order valence-electron chi connectivity index (χ2n) is 2.96. The summed E-state index contributed by atoms with van der Waals surface area (Å²) in [6.45, 7) is 2.54. The van der Waals surface area contributed by atoms with Crippen LogP contribution < -0.4 is 10.7 Å². The lowest BCUT2D eigenvalue weighted by Gasteiger charge is -2.25. The molecule has 0 aromatic rings. The minimum atomic E-state index is 0.105. The van der Waals surface area contributed by atoms with Crippen LogP contribution in [-0.2, 0) is 4.74 Å². The van der Waals surface area contributed by atoms with Crippen LogP contribution in [0.5, 0.6) is 0 Å². The Labute approximate surface area is 77.3 Å². The summed E-state index contributed by atoms with van der Waals surface area (Å²) in [5.74, 6) is 0. The van der Waals surface area contributed by atoms with Crippen molar-refractivity contribution in [3.05, 3.63) is 23.9 Å². The summed E-state index contributed by atoms with van der Waals surface area (Å²) in [6, 6.07) is 0. The number of hydrogen-bond donors (Lipinski definition) is 2. The van der Waals surface area contributed by atoms with Gasteiger partial charge in [0.25, 0.3) is 0 Å². The molecule has 70 valence electrons. The lowest BCUT2D eigenvalue weighted by molar-refractivity contribution is 0.0478. The van der Waals surface area contributed by atoms with E-state index in [1.807, 2.05) is 18.2 Å². The Morgan fingerprint density at radius 3 is 3.31 bits per heavy atom. The molecule has 4 heteroatoms. The van der Waals surface area contributed by atoms with E-state index >= 15 is 0 Å². The fourth-order valence-corrected chi connectivity index (χ4v) is 1.35. The number of hydrogen-bond acceptors (Lipinski definition) is 4. The van der Waals surface area contributed by atoms with Crippen LogP contribution in [0.3, 0.4) is 0 Å². The molecule has 1 unspecified atom stereocenters. The summed E-state index contributed by atoms with van der Waals surface area (Å²) >= 11 is 0. The van der Waals surface area contributed by atoms with Crippen molar-refractivity contribution in [1.82, 2.24) is 10.7 Å². The topological polar surface area (TPSA) is 45.6 Å². The molecule has 1 atom stereocenters. The van der Waals surface area contributed by atoms with E-state index in [1.165, 1.54) is 0 Å². The molecule has 0 aromatic carbocycles. The van der Waals surface area contributed by atoms with Gasteiger partial charge in [0.1, 0.15) is 6.10 Å². The third-order valence-electron chi connectivity index (χ3n) is 2.02. The van der Waals surface area contributed by atoms with Gasteiger partial charge >= 0.3 is 0 Å². The van der Waals surface area contributed by atoms with E-state index in [-0.39, 0.29) is 6.10 Å². The SMILES string of the molecule is C1=CC=C(C2CNCCO2)NN=C1. The highest BCUT2D eigenvalue weighted by Crippen LogP contribution is 2.07. The molecule has 2 aliphatic rings. The smallest absolute Gasteiger partial charge is 0.111 e. The highest BCUT2D eigenvalue weighted by atomic mass is 16.5. The highest BCUT2D eigenvalue weighted by molar-refractivity contribution is 5.71. The van der Waals surface area contributed by atoms with Crippen LogP contribution in [0, 0.1) is 0 Å². The van der Waals surface area contributed by atoms with Crippen molar-refractivity contribution in [2.45, 2.75) is 6.10 Å². The lowest BCUT2D eigenvalue weighted by Crippen LogP contribution is -2.41. The Bertz CT molecular complexity index is 252. The van der Waals surface area contributed by atoms with Gasteiger partial charge in [-0.1, -0.05) is 6.08 Å². The van der Waals surface area contributed by atoms with Crippen molar-refractivity contribution < 1.29 is 4.74 Å². The third-order valence-corrected chi connectivity index (χ3v) is 2.02. The van der Waals surface area contributed by atoms with Crippen LogP contribution in [0.2, 0.25) is 0 Å². The molecule has 0 spiro atoms. The minimum absolute atomic E-state index is 0.105. The molecule has 0 amide bonds. The molecular weight excluding hydrogens is 166 g/mol. The molecule has 0 aromatic heterocycles. The molecule has 0 aliphatic carbocycles. The summed E-state index contributed by atoms with van der Waals surface area (Å²) in [5, 5.41) is 7.26. The van der Waals surface area contributed by atoms with E-state index in [9.17, 15) is 0 Å². The van der Waals surface area contributed by atoms with Gasteiger partial charge < -0.3 is 10.1 Å². The standard InChI is InChI=1S/C9H13N3O/c1-2-4-11-12-8(3-1)9-7-10-5-6-13-9/h1-4,9-10,12H,5-7H2. The number of ether oxygens (including phenoxy) is 1. The second kappa shape index (κ2) is 4.20. The Hall–Kier alpha value is -1.13. The van der Waals surface area contributed by atoms with E-state index in [2.05, 4.69) is 15.8 Å². The maximum atomic E-state index is 5.57. The summed E-state index contributed by atoms with van der Waals surface area (Å²) in [6.07, 6.45) is 7.66. The third kappa shape index (κ3) is 2.17. The van der Waals surface area contributed by atoms with Gasteiger partial charge in [-0.25, -0.2) is 0 Å². The van der Waals surface area contributed by atoms with Crippen LogP contribution in [0.4, 0.5) is 0 Å². The molecule has 2 rings (SSSR count). The van der Waals surface area contributed by atoms with E-state index in [1.54, 1.807) is 6.21 Å². The fraction of sp³-hybridized carbons (Fsp3) is 0.444. The summed E-state index contributed by atoms with van der Waals surface area (Å²) in [4.78, 5) is 0. The van der Waals surface area contributed by atoms with Crippen molar-refractivity contribution in [3.63, 3.8) is 0 Å². The zero-order valence-electron chi connectivity index (χ0n) is 7.36. The normalized spacial score (nSPS) is 27.7. The minimum Gasteiger partial charge on any atom is -0.369 e. The van der Waals surface area contributed by atoms with Crippen molar-refractivity contribution in [1.29, 1.82) is 0 Å². The van der Waals surface area contributed by atoms with Crippen molar-refractivity contribution in [2.75, 3.05) is 19.7 Å². The molecule has 1 fully saturated rings. The van der Waals surface area contributed by atoms with E-state index in [0.717, 1.165) is 25.4 Å². The highest BCUT2D eigenvalue weighted by Gasteiger charge is 2.17. The van der Waals surface area contributed by atoms with Gasteiger partial charge in [-0.2, -0.15) is 5.10 Å². The molecule has 2 N–H and O–H groups in total. The van der Waals surface area contributed by atoms with Gasteiger partial charge in [-0.05, 0) is 12.2 Å². The molecule has 1 saturated heterocycles. The van der Waals surface area contributed by atoms with E-state index < -0.39 is 0 Å². The van der Waals surface area contributed by atoms with Gasteiger partial charge in [0, 0.05) is 19.3 Å². The van der Waals surface area contributed by atoms with Gasteiger partial charge in [0.15, 0.2) is 0 Å². The molecule has 0 saturated carbocycles. The monoisotopic (exact) mass is 179 g/mol. The summed E-state index contributed by atoms with van der Waals surface area (Å²) in [7, 11) is 0. The Kier molecular flexibility index (Phi) is 2.74. The number of morpholine rings is 1. The maximum absolute atomic E-state index is 5.57. The number of nitrogens with one attached hydrogen (secondary N) is 2. The largest absolute Gasteiger partial charge is 0.369 e. The number of hydrazone groups is 1. The van der Waals surface area contributed by atoms with Crippen LogP contribution in [0.1, 0.15) is 0 Å². The molecule has 0 radical (unpaired) electrons. The van der Waals surface area contributed by atoms with Gasteiger partial charge in [-0.3, -0.25) is 5.43 Å². The van der Waals surface area contributed by atoms with Crippen LogP contribution in [0.25, 0.3) is 0 Å². The van der Waals surface area contributed by atoms with Gasteiger partial charge in [-0.15, -0.1) is 0 Å². The van der Waals surface area contributed by atoms with E-state index in [0.29, 0.717) is 0 Å². The van der Waals surface area contributed by atoms with Crippen molar-refractivity contribution >= 4 is 6.21 Å². The summed E-state index contributed by atoms with van der Waals surface area (Å²) in [5.41, 5.74) is 3.97. The number of rotatable bonds is 1. The summed E-state index contributed by atoms with van der Waals surface area (Å²) < 4.78 is 5.57. The Morgan fingerprint density at radius 1 is 1.46 bits per heavy atom. The van der Waals surface area contributed by atoms with Crippen molar-refractivity contribution in [2.24, 2.45) is 5.10 Å². The van der Waals surface area contributed by atoms with Crippen LogP contribution in [0.15, 0.2) is 29.0 Å². The first-order chi connectivity index (χ1) is 6.47. The van der Waals surface area contributed by atoms with Crippen molar-refractivity contribution in [3.8, 4) is 0 Å². The molecule has 2 aliphatic heterocycles. The Morgan fingerprint density at radius 2 is 2.46 bits per heavy atom. The maximum Gasteiger partial charge on any atom is 0.111 e. The fourth-order valence-electron chi connectivity index (χ4n) is 1.35. The predicted molar refractivity (Wildman–Crippen MR) is 51.5 cm³/mol. The number of allylic oxidation sites excluding steroid dienone is 3. The molecular formula is C9H13N3O. The van der Waals surface area contributed by atoms with Gasteiger partial charge in [0.2, 0.25) is 0 Å². The molecule has 13 heavy (non-hydrogen) atoms. The molecule has 2 heterocycles. The average Bonchev–Trinajstić information content (AvgIpc) is 2.47. The van der Waals surface area contributed by atoms with Gasteiger partial charge in [0.05, 0.1) is 12.3 Å². The quantitative estimate of drug-likeness (QED) is 0.595. The predicted octanol–water partition coefficient (Wildman–Crippen LogP) is 0.00390. The zero-order valence-corrected chi connectivity index (χ0v) is 7.36.